The fourth-order valence-electron chi connectivity index (χ4n) is 1.84. The molecule has 0 aromatic heterocycles. The predicted octanol–water partition coefficient (Wildman–Crippen LogP) is 1.78. The van der Waals surface area contributed by atoms with Crippen molar-refractivity contribution in [2.75, 3.05) is 20.8 Å². The Hall–Kier alpha value is -2.08. The van der Waals surface area contributed by atoms with Crippen LogP contribution in [0.5, 0.6) is 11.5 Å². The summed E-state index contributed by atoms with van der Waals surface area (Å²) >= 11 is 5.02. The first kappa shape index (κ1) is 14.3. The van der Waals surface area contributed by atoms with Gasteiger partial charge in [0.2, 0.25) is 0 Å². The summed E-state index contributed by atoms with van der Waals surface area (Å²) < 4.78 is 10.7. The Balaban J connectivity index is 2.30. The van der Waals surface area contributed by atoms with Crippen molar-refractivity contribution >= 4 is 29.3 Å². The Labute approximate surface area is 123 Å². The van der Waals surface area contributed by atoms with Gasteiger partial charge < -0.3 is 14.8 Å². The molecule has 0 atom stereocenters. The highest BCUT2D eigenvalue weighted by Crippen LogP contribution is 2.29. The molecule has 1 aliphatic heterocycles. The largest absolute Gasteiger partial charge is 0.493 e. The summed E-state index contributed by atoms with van der Waals surface area (Å²) in [6, 6.07) is 5.49. The molecule has 0 unspecified atom stereocenters. The quantitative estimate of drug-likeness (QED) is 0.677. The van der Waals surface area contributed by atoms with Gasteiger partial charge in [-0.05, 0) is 42.9 Å². The van der Waals surface area contributed by atoms with Crippen LogP contribution in [0.1, 0.15) is 12.5 Å². The molecule has 1 N–H and O–H groups in total. The van der Waals surface area contributed by atoms with Crippen molar-refractivity contribution < 1.29 is 14.3 Å². The molecule has 1 saturated heterocycles. The van der Waals surface area contributed by atoms with Gasteiger partial charge in [-0.15, -0.1) is 0 Å². The third-order valence-electron chi connectivity index (χ3n) is 2.88. The number of carbonyl (C=O) groups excluding carboxylic acids is 1. The summed E-state index contributed by atoms with van der Waals surface area (Å²) in [7, 11) is 3.22. The number of carbonyl (C=O) groups is 1. The Bertz CT molecular complexity index is 584. The lowest BCUT2D eigenvalue weighted by Crippen LogP contribution is -2.25. The van der Waals surface area contributed by atoms with Crippen LogP contribution in [0.15, 0.2) is 23.9 Å². The van der Waals surface area contributed by atoms with E-state index in [1.54, 1.807) is 20.2 Å². The first-order valence-electron chi connectivity index (χ1n) is 6.18. The Morgan fingerprint density at radius 1 is 1.40 bits per heavy atom. The van der Waals surface area contributed by atoms with Crippen LogP contribution in [0.4, 0.5) is 0 Å². The van der Waals surface area contributed by atoms with E-state index in [0.29, 0.717) is 28.9 Å². The van der Waals surface area contributed by atoms with E-state index in [4.69, 9.17) is 21.7 Å². The summed E-state index contributed by atoms with van der Waals surface area (Å²) in [5.41, 5.74) is 1.28. The molecule has 0 saturated carbocycles. The van der Waals surface area contributed by atoms with Crippen LogP contribution in [0.2, 0.25) is 0 Å². The van der Waals surface area contributed by atoms with E-state index in [9.17, 15) is 4.79 Å². The number of thiocarbonyl (C=S) groups is 1. The number of amides is 1. The molecule has 0 radical (unpaired) electrons. The molecule has 1 aliphatic rings. The van der Waals surface area contributed by atoms with Crippen LogP contribution in [0.3, 0.4) is 0 Å². The summed E-state index contributed by atoms with van der Waals surface area (Å²) in [6.07, 6.45) is 1.73. The van der Waals surface area contributed by atoms with Gasteiger partial charge in [0, 0.05) is 7.05 Å². The normalized spacial score (nSPS) is 16.6. The van der Waals surface area contributed by atoms with Crippen LogP contribution in [0.25, 0.3) is 6.08 Å². The van der Waals surface area contributed by atoms with Crippen molar-refractivity contribution in [3.8, 4) is 11.5 Å². The maximum absolute atomic E-state index is 11.9. The molecule has 106 valence electrons. The second kappa shape index (κ2) is 5.92. The minimum Gasteiger partial charge on any atom is -0.493 e. The topological polar surface area (TPSA) is 50.8 Å². The van der Waals surface area contributed by atoms with Crippen LogP contribution < -0.4 is 14.8 Å². The molecule has 1 aromatic carbocycles. The SMILES string of the molecule is CCOc1ccc(/C=C2\NC(=S)N(C)C2=O)cc1OC. The van der Waals surface area contributed by atoms with E-state index in [1.807, 2.05) is 25.1 Å². The van der Waals surface area contributed by atoms with Gasteiger partial charge in [-0.1, -0.05) is 6.07 Å². The zero-order valence-corrected chi connectivity index (χ0v) is 12.4. The average molecular weight is 292 g/mol. The first-order chi connectivity index (χ1) is 9.56. The van der Waals surface area contributed by atoms with Gasteiger partial charge in [0.1, 0.15) is 5.70 Å². The Kier molecular flexibility index (Phi) is 4.24. The molecule has 1 aromatic rings. The van der Waals surface area contributed by atoms with Crippen molar-refractivity contribution in [1.29, 1.82) is 0 Å². The molecule has 0 aliphatic carbocycles. The van der Waals surface area contributed by atoms with Crippen LogP contribution in [-0.2, 0) is 4.79 Å². The molecule has 6 heteroatoms. The van der Waals surface area contributed by atoms with Gasteiger partial charge in [0.05, 0.1) is 13.7 Å². The highest BCUT2D eigenvalue weighted by atomic mass is 32.1. The van der Waals surface area contributed by atoms with E-state index in [0.717, 1.165) is 5.56 Å². The fourth-order valence-corrected chi connectivity index (χ4v) is 2.03. The maximum atomic E-state index is 11.9. The summed E-state index contributed by atoms with van der Waals surface area (Å²) in [6.45, 7) is 2.48. The fraction of sp³-hybridized carbons (Fsp3) is 0.286. The van der Waals surface area contributed by atoms with Crippen molar-refractivity contribution in [3.63, 3.8) is 0 Å². The number of nitrogens with one attached hydrogen (secondary N) is 1. The Morgan fingerprint density at radius 2 is 2.15 bits per heavy atom. The third-order valence-corrected chi connectivity index (χ3v) is 3.26. The highest BCUT2D eigenvalue weighted by Gasteiger charge is 2.26. The zero-order valence-electron chi connectivity index (χ0n) is 11.6. The molecule has 5 nitrogen and oxygen atoms in total. The van der Waals surface area contributed by atoms with E-state index in [2.05, 4.69) is 5.32 Å². The van der Waals surface area contributed by atoms with Gasteiger partial charge in [0.25, 0.3) is 5.91 Å². The van der Waals surface area contributed by atoms with Crippen LogP contribution in [0, 0.1) is 0 Å². The lowest BCUT2D eigenvalue weighted by atomic mass is 10.1. The average Bonchev–Trinajstić information content (AvgIpc) is 2.68. The van der Waals surface area contributed by atoms with E-state index in [-0.39, 0.29) is 5.91 Å². The first-order valence-corrected chi connectivity index (χ1v) is 6.59. The smallest absolute Gasteiger partial charge is 0.276 e. The van der Waals surface area contributed by atoms with Gasteiger partial charge in [-0.2, -0.15) is 0 Å². The van der Waals surface area contributed by atoms with E-state index < -0.39 is 0 Å². The van der Waals surface area contributed by atoms with Crippen LogP contribution >= 0.6 is 12.2 Å². The van der Waals surface area contributed by atoms with Crippen molar-refractivity contribution in [2.45, 2.75) is 6.92 Å². The number of nitrogens with zero attached hydrogens (tertiary/aromatic N) is 1. The number of hydrogen-bond acceptors (Lipinski definition) is 4. The standard InChI is InChI=1S/C14H16N2O3S/c1-4-19-11-6-5-9(8-12(11)18-3)7-10-13(17)16(2)14(20)15-10/h5-8H,4H2,1-3H3,(H,15,20)/b10-7-. The lowest BCUT2D eigenvalue weighted by molar-refractivity contribution is -0.121. The molecule has 1 amide bonds. The number of methoxy groups -OCH3 is 1. The van der Waals surface area contributed by atoms with Gasteiger partial charge in [-0.25, -0.2) is 0 Å². The molecule has 2 rings (SSSR count). The molecular formula is C14H16N2O3S. The minimum atomic E-state index is -0.150. The van der Waals surface area contributed by atoms with Gasteiger partial charge >= 0.3 is 0 Å². The highest BCUT2D eigenvalue weighted by molar-refractivity contribution is 7.80. The Morgan fingerprint density at radius 3 is 2.70 bits per heavy atom. The molecule has 0 spiro atoms. The third kappa shape index (κ3) is 2.75. The van der Waals surface area contributed by atoms with E-state index >= 15 is 0 Å². The zero-order chi connectivity index (χ0) is 14.7. The van der Waals surface area contributed by atoms with Crippen molar-refractivity contribution in [1.82, 2.24) is 10.2 Å². The molecule has 20 heavy (non-hydrogen) atoms. The number of rotatable bonds is 4. The number of benzene rings is 1. The van der Waals surface area contributed by atoms with Gasteiger partial charge in [0.15, 0.2) is 16.6 Å². The molecular weight excluding hydrogens is 276 g/mol. The van der Waals surface area contributed by atoms with Crippen LogP contribution in [-0.4, -0.2) is 36.7 Å². The van der Waals surface area contributed by atoms with Crippen molar-refractivity contribution in [2.24, 2.45) is 0 Å². The number of ether oxygens (including phenoxy) is 2. The monoisotopic (exact) mass is 292 g/mol. The summed E-state index contributed by atoms with van der Waals surface area (Å²) in [4.78, 5) is 13.3. The molecule has 0 bridgehead atoms. The second-order valence-corrected chi connectivity index (χ2v) is 4.58. The summed E-state index contributed by atoms with van der Waals surface area (Å²) in [5.74, 6) is 1.15. The lowest BCUT2D eigenvalue weighted by Gasteiger charge is -2.09. The van der Waals surface area contributed by atoms with Crippen molar-refractivity contribution in [3.05, 3.63) is 29.5 Å². The summed E-state index contributed by atoms with van der Waals surface area (Å²) in [5, 5.41) is 3.28. The van der Waals surface area contributed by atoms with Gasteiger partial charge in [-0.3, -0.25) is 9.69 Å². The molecule has 1 fully saturated rings. The van der Waals surface area contributed by atoms with E-state index in [1.165, 1.54) is 4.90 Å². The predicted molar refractivity (Wildman–Crippen MR) is 80.6 cm³/mol. The molecule has 1 heterocycles. The number of hydrogen-bond donors (Lipinski definition) is 1. The maximum Gasteiger partial charge on any atom is 0.276 e. The number of likely N-dealkylation sites (N-methyl/N-ethyl adjacent to an activating group) is 1. The second-order valence-electron chi connectivity index (χ2n) is 4.20. The minimum absolute atomic E-state index is 0.150.